The molecular weight excluding hydrogens is 388 g/mol. The first-order valence-electron chi connectivity index (χ1n) is 10.7. The topological polar surface area (TPSA) is 84.5 Å². The van der Waals surface area contributed by atoms with Crippen molar-refractivity contribution in [2.24, 2.45) is 0 Å². The summed E-state index contributed by atoms with van der Waals surface area (Å²) in [4.78, 5) is 12.1. The molecule has 1 aromatic carbocycles. The Morgan fingerprint density at radius 1 is 1.07 bits per heavy atom. The lowest BCUT2D eigenvalue weighted by molar-refractivity contribution is -0.121. The van der Waals surface area contributed by atoms with Crippen molar-refractivity contribution < 1.29 is 17.9 Å². The zero-order valence-electron chi connectivity index (χ0n) is 18.0. The van der Waals surface area contributed by atoms with E-state index < -0.39 is 10.0 Å². The van der Waals surface area contributed by atoms with Crippen LogP contribution in [0.2, 0.25) is 0 Å². The molecule has 0 spiro atoms. The van der Waals surface area contributed by atoms with E-state index in [4.69, 9.17) is 4.74 Å². The van der Waals surface area contributed by atoms with E-state index in [1.54, 1.807) is 12.1 Å². The Kier molecular flexibility index (Phi) is 9.11. The van der Waals surface area contributed by atoms with Crippen LogP contribution in [0.4, 0.5) is 0 Å². The molecule has 1 amide bonds. The monoisotopic (exact) mass is 424 g/mol. The van der Waals surface area contributed by atoms with E-state index >= 15 is 0 Å². The van der Waals surface area contributed by atoms with Gasteiger partial charge in [0.05, 0.1) is 11.0 Å². The maximum Gasteiger partial charge on any atom is 0.240 e. The number of ether oxygens (including phenoxy) is 1. The van der Waals surface area contributed by atoms with Gasteiger partial charge in [-0.1, -0.05) is 52.2 Å². The second-order valence-corrected chi connectivity index (χ2v) is 10.5. The fourth-order valence-corrected chi connectivity index (χ4v) is 4.42. The fraction of sp³-hybridized carbons (Fsp3) is 0.682. The molecule has 7 heteroatoms. The summed E-state index contributed by atoms with van der Waals surface area (Å²) in [7, 11) is -3.61. The molecule has 0 radical (unpaired) electrons. The largest absolute Gasteiger partial charge is 0.378 e. The van der Waals surface area contributed by atoms with Crippen molar-refractivity contribution in [3.8, 4) is 0 Å². The van der Waals surface area contributed by atoms with Gasteiger partial charge < -0.3 is 10.1 Å². The van der Waals surface area contributed by atoms with Gasteiger partial charge in [0.25, 0.3) is 0 Å². The minimum absolute atomic E-state index is 0.0325. The number of amides is 1. The minimum atomic E-state index is -3.61. The Morgan fingerprint density at radius 3 is 2.34 bits per heavy atom. The lowest BCUT2D eigenvalue weighted by atomic mass is 9.87. The molecule has 1 fully saturated rings. The first-order valence-corrected chi connectivity index (χ1v) is 12.2. The second-order valence-electron chi connectivity index (χ2n) is 8.76. The molecule has 0 bridgehead atoms. The standard InChI is InChI=1S/C22H36N2O4S/c1-22(2,3)18-10-12-20(13-11-18)29(26,27)24-16-14-21(25)23-15-7-17-28-19-8-5-4-6-9-19/h10-13,19,24H,4-9,14-17H2,1-3H3,(H,23,25). The summed E-state index contributed by atoms with van der Waals surface area (Å²) < 4.78 is 33.1. The molecule has 0 saturated heterocycles. The van der Waals surface area contributed by atoms with Gasteiger partial charge in [-0.3, -0.25) is 4.79 Å². The molecule has 1 aromatic rings. The summed E-state index contributed by atoms with van der Waals surface area (Å²) in [5.74, 6) is -0.159. The number of carbonyl (C=O) groups excluding carboxylic acids is 1. The van der Waals surface area contributed by atoms with Gasteiger partial charge in [0.2, 0.25) is 15.9 Å². The summed E-state index contributed by atoms with van der Waals surface area (Å²) >= 11 is 0. The molecule has 1 aliphatic carbocycles. The Bertz CT molecular complexity index is 733. The van der Waals surface area contributed by atoms with Crippen LogP contribution in [0.1, 0.15) is 71.3 Å². The van der Waals surface area contributed by atoms with Crippen molar-refractivity contribution in [3.63, 3.8) is 0 Å². The van der Waals surface area contributed by atoms with Crippen LogP contribution in [0.3, 0.4) is 0 Å². The first kappa shape index (κ1) is 23.8. The lowest BCUT2D eigenvalue weighted by Gasteiger charge is -2.21. The summed E-state index contributed by atoms with van der Waals surface area (Å²) in [6, 6.07) is 6.87. The number of benzene rings is 1. The SMILES string of the molecule is CC(C)(C)c1ccc(S(=O)(=O)NCCC(=O)NCCCOC2CCCCC2)cc1. The maximum absolute atomic E-state index is 12.4. The number of hydrogen-bond donors (Lipinski definition) is 2. The average Bonchev–Trinajstić information content (AvgIpc) is 2.68. The van der Waals surface area contributed by atoms with Crippen LogP contribution in [-0.2, 0) is 25.0 Å². The van der Waals surface area contributed by atoms with Crippen molar-refractivity contribution >= 4 is 15.9 Å². The molecule has 0 atom stereocenters. The average molecular weight is 425 g/mol. The number of nitrogens with one attached hydrogen (secondary N) is 2. The molecular formula is C22H36N2O4S. The quantitative estimate of drug-likeness (QED) is 0.563. The third-order valence-corrected chi connectivity index (χ3v) is 6.70. The highest BCUT2D eigenvalue weighted by molar-refractivity contribution is 7.89. The third-order valence-electron chi connectivity index (χ3n) is 5.22. The normalized spacial score (nSPS) is 16.0. The van der Waals surface area contributed by atoms with Gasteiger partial charge in [0.15, 0.2) is 0 Å². The molecule has 1 aliphatic rings. The summed E-state index contributed by atoms with van der Waals surface area (Å²) in [5.41, 5.74) is 1.04. The van der Waals surface area contributed by atoms with E-state index in [0.29, 0.717) is 19.3 Å². The Morgan fingerprint density at radius 2 is 1.72 bits per heavy atom. The lowest BCUT2D eigenvalue weighted by Crippen LogP contribution is -2.31. The fourth-order valence-electron chi connectivity index (χ4n) is 3.39. The van der Waals surface area contributed by atoms with E-state index in [-0.39, 0.29) is 29.2 Å². The van der Waals surface area contributed by atoms with E-state index in [9.17, 15) is 13.2 Å². The van der Waals surface area contributed by atoms with Crippen LogP contribution in [0.5, 0.6) is 0 Å². The highest BCUT2D eigenvalue weighted by atomic mass is 32.2. The molecule has 0 aromatic heterocycles. The van der Waals surface area contributed by atoms with E-state index in [1.807, 2.05) is 12.1 Å². The number of carbonyl (C=O) groups is 1. The summed E-state index contributed by atoms with van der Waals surface area (Å²) in [6.07, 6.45) is 7.36. The van der Waals surface area contributed by atoms with Crippen LogP contribution in [0.25, 0.3) is 0 Å². The smallest absolute Gasteiger partial charge is 0.240 e. The minimum Gasteiger partial charge on any atom is -0.378 e. The van der Waals surface area contributed by atoms with E-state index in [0.717, 1.165) is 24.8 Å². The molecule has 164 valence electrons. The van der Waals surface area contributed by atoms with Gasteiger partial charge in [0, 0.05) is 26.1 Å². The van der Waals surface area contributed by atoms with Gasteiger partial charge in [-0.2, -0.15) is 0 Å². The number of sulfonamides is 1. The van der Waals surface area contributed by atoms with Crippen LogP contribution in [0, 0.1) is 0 Å². The zero-order valence-corrected chi connectivity index (χ0v) is 18.8. The highest BCUT2D eigenvalue weighted by Crippen LogP contribution is 2.23. The Hall–Kier alpha value is -1.44. The number of rotatable bonds is 10. The molecule has 0 aliphatic heterocycles. The molecule has 0 unspecified atom stereocenters. The summed E-state index contributed by atoms with van der Waals surface area (Å²) in [5, 5.41) is 2.82. The predicted molar refractivity (Wildman–Crippen MR) is 115 cm³/mol. The third kappa shape index (κ3) is 8.44. The Balaban J connectivity index is 1.63. The van der Waals surface area contributed by atoms with Gasteiger partial charge >= 0.3 is 0 Å². The summed E-state index contributed by atoms with van der Waals surface area (Å²) in [6.45, 7) is 7.52. The first-order chi connectivity index (χ1) is 13.7. The van der Waals surface area contributed by atoms with Crippen LogP contribution in [0.15, 0.2) is 29.2 Å². The van der Waals surface area contributed by atoms with Gasteiger partial charge in [-0.25, -0.2) is 13.1 Å². The van der Waals surface area contributed by atoms with Crippen molar-refractivity contribution in [1.29, 1.82) is 0 Å². The number of hydrogen-bond acceptors (Lipinski definition) is 4. The van der Waals surface area contributed by atoms with Crippen molar-refractivity contribution in [2.45, 2.75) is 82.1 Å². The van der Waals surface area contributed by atoms with Crippen molar-refractivity contribution in [2.75, 3.05) is 19.7 Å². The van der Waals surface area contributed by atoms with Crippen molar-refractivity contribution in [1.82, 2.24) is 10.0 Å². The van der Waals surface area contributed by atoms with Crippen LogP contribution >= 0.6 is 0 Å². The van der Waals surface area contributed by atoms with Crippen LogP contribution in [-0.4, -0.2) is 40.1 Å². The van der Waals surface area contributed by atoms with Gasteiger partial charge in [-0.05, 0) is 42.4 Å². The second kappa shape index (κ2) is 11.1. The molecule has 0 heterocycles. The van der Waals surface area contributed by atoms with E-state index in [2.05, 4.69) is 30.8 Å². The maximum atomic E-state index is 12.4. The Labute approximate surface area is 175 Å². The molecule has 6 nitrogen and oxygen atoms in total. The van der Waals surface area contributed by atoms with Gasteiger partial charge in [-0.15, -0.1) is 0 Å². The molecule has 29 heavy (non-hydrogen) atoms. The molecule has 2 N–H and O–H groups in total. The molecule has 2 rings (SSSR count). The zero-order chi connectivity index (χ0) is 21.3. The van der Waals surface area contributed by atoms with Crippen molar-refractivity contribution in [3.05, 3.63) is 29.8 Å². The molecule has 1 saturated carbocycles. The predicted octanol–water partition coefficient (Wildman–Crippen LogP) is 3.51. The highest BCUT2D eigenvalue weighted by Gasteiger charge is 2.18. The van der Waals surface area contributed by atoms with Crippen LogP contribution < -0.4 is 10.0 Å². The van der Waals surface area contributed by atoms with Gasteiger partial charge in [0.1, 0.15) is 0 Å². The van der Waals surface area contributed by atoms with E-state index in [1.165, 1.54) is 19.3 Å².